The van der Waals surface area contributed by atoms with Crippen LogP contribution in [0.3, 0.4) is 0 Å². The summed E-state index contributed by atoms with van der Waals surface area (Å²) in [6.07, 6.45) is 3.95. The number of nitrogens with one attached hydrogen (secondary N) is 1. The van der Waals surface area contributed by atoms with Crippen LogP contribution in [0.1, 0.15) is 12.5 Å². The largest absolute Gasteiger partial charge is 0.361 e. The summed E-state index contributed by atoms with van der Waals surface area (Å²) in [7, 11) is 2.09. The Labute approximate surface area is 125 Å². The second-order valence-electron chi connectivity index (χ2n) is 5.71. The standard InChI is InChI=1S/C17H21N3O/c1-13(17(21)20-9-7-19(2)8-10-20)11-14-12-18-16-6-4-3-5-15(14)16/h3-6,11-12,18H,7-10H2,1-2H3/b13-11+. The van der Waals surface area contributed by atoms with Crippen molar-refractivity contribution in [1.82, 2.24) is 14.8 Å². The predicted octanol–water partition coefficient (Wildman–Crippen LogP) is 2.35. The molecule has 0 bridgehead atoms. The molecule has 1 N–H and O–H groups in total. The second kappa shape index (κ2) is 5.74. The van der Waals surface area contributed by atoms with Gasteiger partial charge in [-0.2, -0.15) is 0 Å². The van der Waals surface area contributed by atoms with E-state index < -0.39 is 0 Å². The van der Waals surface area contributed by atoms with Gasteiger partial charge in [0.15, 0.2) is 0 Å². The number of para-hydroxylation sites is 1. The summed E-state index contributed by atoms with van der Waals surface area (Å²) in [6.45, 7) is 5.43. The number of rotatable bonds is 2. The molecule has 1 aliphatic heterocycles. The van der Waals surface area contributed by atoms with E-state index in [1.807, 2.05) is 42.3 Å². The third-order valence-corrected chi connectivity index (χ3v) is 4.12. The first-order valence-corrected chi connectivity index (χ1v) is 7.37. The Morgan fingerprint density at radius 3 is 2.67 bits per heavy atom. The number of carbonyl (C=O) groups excluding carboxylic acids is 1. The van der Waals surface area contributed by atoms with Crippen LogP contribution < -0.4 is 0 Å². The van der Waals surface area contributed by atoms with Crippen LogP contribution in [0.4, 0.5) is 0 Å². The van der Waals surface area contributed by atoms with E-state index in [1.54, 1.807) is 0 Å². The zero-order chi connectivity index (χ0) is 14.8. The monoisotopic (exact) mass is 283 g/mol. The molecular formula is C17H21N3O. The molecule has 1 saturated heterocycles. The second-order valence-corrected chi connectivity index (χ2v) is 5.71. The average Bonchev–Trinajstić information content (AvgIpc) is 2.91. The quantitative estimate of drug-likeness (QED) is 0.859. The van der Waals surface area contributed by atoms with E-state index in [2.05, 4.69) is 23.0 Å². The molecule has 0 aliphatic carbocycles. The lowest BCUT2D eigenvalue weighted by Crippen LogP contribution is -2.47. The van der Waals surface area contributed by atoms with E-state index in [1.165, 1.54) is 0 Å². The van der Waals surface area contributed by atoms with Crippen LogP contribution in [0.15, 0.2) is 36.0 Å². The average molecular weight is 283 g/mol. The van der Waals surface area contributed by atoms with Gasteiger partial charge in [-0.3, -0.25) is 4.79 Å². The molecule has 2 aromatic rings. The Kier molecular flexibility index (Phi) is 3.80. The fraction of sp³-hybridized carbons (Fsp3) is 0.353. The van der Waals surface area contributed by atoms with Crippen molar-refractivity contribution in [2.75, 3.05) is 33.2 Å². The van der Waals surface area contributed by atoms with E-state index in [9.17, 15) is 4.79 Å². The van der Waals surface area contributed by atoms with Gasteiger partial charge in [-0.15, -0.1) is 0 Å². The third-order valence-electron chi connectivity index (χ3n) is 4.12. The van der Waals surface area contributed by atoms with E-state index in [0.29, 0.717) is 0 Å². The van der Waals surface area contributed by atoms with Crippen molar-refractivity contribution >= 4 is 22.9 Å². The number of likely N-dealkylation sites (N-methyl/N-ethyl adjacent to an activating group) is 1. The van der Waals surface area contributed by atoms with Crippen LogP contribution in [0.2, 0.25) is 0 Å². The Morgan fingerprint density at radius 2 is 1.90 bits per heavy atom. The van der Waals surface area contributed by atoms with Crippen molar-refractivity contribution < 1.29 is 4.79 Å². The minimum Gasteiger partial charge on any atom is -0.361 e. The van der Waals surface area contributed by atoms with Gasteiger partial charge in [-0.25, -0.2) is 0 Å². The molecule has 4 heteroatoms. The number of amides is 1. The summed E-state index contributed by atoms with van der Waals surface area (Å²) in [6, 6.07) is 8.15. The summed E-state index contributed by atoms with van der Waals surface area (Å²) in [4.78, 5) is 19.9. The topological polar surface area (TPSA) is 39.3 Å². The van der Waals surface area contributed by atoms with Crippen molar-refractivity contribution in [3.8, 4) is 0 Å². The van der Waals surface area contributed by atoms with Crippen molar-refractivity contribution in [2.24, 2.45) is 0 Å². The van der Waals surface area contributed by atoms with Gasteiger partial charge in [0.25, 0.3) is 0 Å². The van der Waals surface area contributed by atoms with E-state index in [4.69, 9.17) is 0 Å². The van der Waals surface area contributed by atoms with Crippen molar-refractivity contribution in [2.45, 2.75) is 6.92 Å². The van der Waals surface area contributed by atoms with E-state index in [0.717, 1.165) is 48.2 Å². The molecule has 1 amide bonds. The van der Waals surface area contributed by atoms with Gasteiger partial charge in [0.2, 0.25) is 5.91 Å². The number of hydrogen-bond acceptors (Lipinski definition) is 2. The Morgan fingerprint density at radius 1 is 1.19 bits per heavy atom. The van der Waals surface area contributed by atoms with Gasteiger partial charge in [0.05, 0.1) is 0 Å². The summed E-state index contributed by atoms with van der Waals surface area (Å²) in [5.41, 5.74) is 2.97. The molecule has 1 aliphatic rings. The van der Waals surface area contributed by atoms with Crippen LogP contribution >= 0.6 is 0 Å². The number of H-pyrrole nitrogens is 1. The van der Waals surface area contributed by atoms with Crippen LogP contribution in [0, 0.1) is 0 Å². The normalized spacial score (nSPS) is 17.4. The smallest absolute Gasteiger partial charge is 0.249 e. The predicted molar refractivity (Wildman–Crippen MR) is 86.0 cm³/mol. The number of fused-ring (bicyclic) bond motifs is 1. The summed E-state index contributed by atoms with van der Waals surface area (Å²) < 4.78 is 0. The number of hydrogen-bond donors (Lipinski definition) is 1. The fourth-order valence-corrected chi connectivity index (χ4v) is 2.77. The molecule has 3 rings (SSSR count). The Bertz CT molecular complexity index is 678. The van der Waals surface area contributed by atoms with Crippen molar-refractivity contribution in [1.29, 1.82) is 0 Å². The maximum atomic E-state index is 12.5. The molecule has 110 valence electrons. The number of nitrogens with zero attached hydrogens (tertiary/aromatic N) is 2. The lowest BCUT2D eigenvalue weighted by molar-refractivity contribution is -0.128. The van der Waals surface area contributed by atoms with Gasteiger partial charge in [0.1, 0.15) is 0 Å². The SMILES string of the molecule is C/C(=C\c1c[nH]c2ccccc12)C(=O)N1CCN(C)CC1. The molecule has 2 heterocycles. The maximum Gasteiger partial charge on any atom is 0.249 e. The number of piperazine rings is 1. The van der Waals surface area contributed by atoms with Gasteiger partial charge in [-0.1, -0.05) is 18.2 Å². The van der Waals surface area contributed by atoms with Gasteiger partial charge < -0.3 is 14.8 Å². The number of aromatic amines is 1. The highest BCUT2D eigenvalue weighted by Crippen LogP contribution is 2.21. The molecule has 1 aromatic carbocycles. The molecule has 0 radical (unpaired) electrons. The summed E-state index contributed by atoms with van der Waals surface area (Å²) in [5, 5.41) is 1.16. The van der Waals surface area contributed by atoms with Crippen LogP contribution in [0.25, 0.3) is 17.0 Å². The first-order chi connectivity index (χ1) is 10.1. The minimum absolute atomic E-state index is 0.147. The summed E-state index contributed by atoms with van der Waals surface area (Å²) in [5.74, 6) is 0.147. The highest BCUT2D eigenvalue weighted by molar-refractivity contribution is 6.00. The maximum absolute atomic E-state index is 12.5. The Balaban J connectivity index is 1.80. The van der Waals surface area contributed by atoms with Crippen LogP contribution in [-0.4, -0.2) is 53.9 Å². The first kappa shape index (κ1) is 13.9. The molecule has 1 aromatic heterocycles. The van der Waals surface area contributed by atoms with Crippen LogP contribution in [0.5, 0.6) is 0 Å². The molecule has 1 fully saturated rings. The molecule has 0 unspecified atom stereocenters. The lowest BCUT2D eigenvalue weighted by Gasteiger charge is -2.32. The molecule has 21 heavy (non-hydrogen) atoms. The van der Waals surface area contributed by atoms with Crippen molar-refractivity contribution in [3.63, 3.8) is 0 Å². The van der Waals surface area contributed by atoms with Gasteiger partial charge in [0, 0.05) is 54.4 Å². The molecule has 4 nitrogen and oxygen atoms in total. The lowest BCUT2D eigenvalue weighted by atomic mass is 10.1. The van der Waals surface area contributed by atoms with Gasteiger partial charge in [-0.05, 0) is 26.1 Å². The van der Waals surface area contributed by atoms with E-state index in [-0.39, 0.29) is 5.91 Å². The van der Waals surface area contributed by atoms with Crippen molar-refractivity contribution in [3.05, 3.63) is 41.6 Å². The molecule has 0 saturated carbocycles. The zero-order valence-electron chi connectivity index (χ0n) is 12.6. The highest BCUT2D eigenvalue weighted by atomic mass is 16.2. The first-order valence-electron chi connectivity index (χ1n) is 7.37. The third kappa shape index (κ3) is 2.85. The summed E-state index contributed by atoms with van der Waals surface area (Å²) >= 11 is 0. The number of benzene rings is 1. The molecule has 0 atom stereocenters. The molecule has 0 spiro atoms. The Hall–Kier alpha value is -2.07. The van der Waals surface area contributed by atoms with E-state index >= 15 is 0 Å². The van der Waals surface area contributed by atoms with Crippen LogP contribution in [-0.2, 0) is 4.79 Å². The zero-order valence-corrected chi connectivity index (χ0v) is 12.6. The minimum atomic E-state index is 0.147. The fourth-order valence-electron chi connectivity index (χ4n) is 2.77. The molecular weight excluding hydrogens is 262 g/mol. The number of aromatic nitrogens is 1. The van der Waals surface area contributed by atoms with Gasteiger partial charge >= 0.3 is 0 Å². The number of carbonyl (C=O) groups is 1. The highest BCUT2D eigenvalue weighted by Gasteiger charge is 2.20.